The van der Waals surface area contributed by atoms with Gasteiger partial charge in [0.05, 0.1) is 12.1 Å². The van der Waals surface area contributed by atoms with Crippen LogP contribution < -0.4 is 5.32 Å². The molecule has 1 aromatic rings. The Labute approximate surface area is 110 Å². The summed E-state index contributed by atoms with van der Waals surface area (Å²) in [5, 5.41) is 25.3. The van der Waals surface area contributed by atoms with E-state index in [1.807, 2.05) is 11.7 Å². The van der Waals surface area contributed by atoms with E-state index in [4.69, 9.17) is 0 Å². The summed E-state index contributed by atoms with van der Waals surface area (Å²) < 4.78 is 1.90. The first-order chi connectivity index (χ1) is 8.79. The van der Waals surface area contributed by atoms with Crippen LogP contribution in [0.1, 0.15) is 31.7 Å². The topological polar surface area (TPSA) is 79.4 Å². The van der Waals surface area contributed by atoms with Crippen LogP contribution in [0.3, 0.4) is 0 Å². The van der Waals surface area contributed by atoms with Crippen LogP contribution in [0.5, 0.6) is 0 Å². The minimum atomic E-state index is -0.426. The molecule has 3 rings (SSSR count). The van der Waals surface area contributed by atoms with Crippen LogP contribution in [0, 0.1) is 17.2 Å². The largest absolute Gasteiger partial charge is 0.302 e. The number of hydrogen-bond acceptors (Lipinski definition) is 6. The molecule has 0 amide bonds. The van der Waals surface area contributed by atoms with Gasteiger partial charge in [-0.1, -0.05) is 11.8 Å². The van der Waals surface area contributed by atoms with Crippen molar-refractivity contribution in [3.8, 4) is 6.07 Å². The number of tetrazole rings is 1. The second-order valence-corrected chi connectivity index (χ2v) is 5.98. The number of aromatic nitrogens is 4. The fourth-order valence-electron chi connectivity index (χ4n) is 2.16. The average Bonchev–Trinajstić information content (AvgIpc) is 3.31. The van der Waals surface area contributed by atoms with Crippen LogP contribution >= 0.6 is 11.8 Å². The molecule has 6 nitrogen and oxygen atoms in total. The molecule has 1 N–H and O–H groups in total. The molecule has 0 saturated heterocycles. The van der Waals surface area contributed by atoms with E-state index in [9.17, 15) is 5.26 Å². The zero-order valence-electron chi connectivity index (χ0n) is 10.3. The lowest BCUT2D eigenvalue weighted by molar-refractivity contribution is 0.440. The van der Waals surface area contributed by atoms with E-state index in [0.29, 0.717) is 17.7 Å². The minimum Gasteiger partial charge on any atom is -0.302 e. The van der Waals surface area contributed by atoms with E-state index >= 15 is 0 Å². The number of nitriles is 1. The Bertz CT molecular complexity index is 472. The minimum absolute atomic E-state index is 0.426. The lowest BCUT2D eigenvalue weighted by Gasteiger charge is -2.25. The van der Waals surface area contributed by atoms with Crippen LogP contribution in [0.25, 0.3) is 0 Å². The van der Waals surface area contributed by atoms with Crippen LogP contribution in [0.15, 0.2) is 5.16 Å². The standard InChI is InChI=1S/C11H16N6S/c1-13-11(6-12,8-2-3-8)7-18-10-14-15-16-17(10)9-4-5-9/h8-9,13H,2-5,7H2,1H3. The van der Waals surface area contributed by atoms with Crippen molar-refractivity contribution in [1.29, 1.82) is 5.26 Å². The van der Waals surface area contributed by atoms with Crippen LogP contribution in [-0.4, -0.2) is 38.5 Å². The highest BCUT2D eigenvalue weighted by atomic mass is 32.2. The van der Waals surface area contributed by atoms with Gasteiger partial charge in [-0.05, 0) is 49.1 Å². The first kappa shape index (κ1) is 11.9. The van der Waals surface area contributed by atoms with E-state index in [1.165, 1.54) is 0 Å². The molecule has 7 heteroatoms. The molecule has 0 aliphatic heterocycles. The molecule has 0 bridgehead atoms. The van der Waals surface area contributed by atoms with Crippen molar-refractivity contribution in [3.63, 3.8) is 0 Å². The van der Waals surface area contributed by atoms with E-state index in [2.05, 4.69) is 26.9 Å². The number of nitrogens with zero attached hydrogens (tertiary/aromatic N) is 5. The normalized spacial score (nSPS) is 22.4. The monoisotopic (exact) mass is 264 g/mol. The highest BCUT2D eigenvalue weighted by molar-refractivity contribution is 7.99. The third-order valence-corrected chi connectivity index (χ3v) is 4.83. The molecule has 2 aliphatic rings. The van der Waals surface area contributed by atoms with Crippen molar-refractivity contribution in [3.05, 3.63) is 0 Å². The molecule has 0 aromatic carbocycles. The van der Waals surface area contributed by atoms with Gasteiger partial charge in [0.1, 0.15) is 5.54 Å². The van der Waals surface area contributed by atoms with Gasteiger partial charge in [0.2, 0.25) is 5.16 Å². The van der Waals surface area contributed by atoms with E-state index in [0.717, 1.165) is 30.8 Å². The molecular formula is C11H16N6S. The highest BCUT2D eigenvalue weighted by Gasteiger charge is 2.45. The van der Waals surface area contributed by atoms with Gasteiger partial charge in [-0.25, -0.2) is 4.68 Å². The van der Waals surface area contributed by atoms with Crippen molar-refractivity contribution in [2.75, 3.05) is 12.8 Å². The summed E-state index contributed by atoms with van der Waals surface area (Å²) in [5.41, 5.74) is -0.426. The summed E-state index contributed by atoms with van der Waals surface area (Å²) in [6, 6.07) is 2.93. The molecular weight excluding hydrogens is 248 g/mol. The van der Waals surface area contributed by atoms with Crippen LogP contribution in [0.2, 0.25) is 0 Å². The van der Waals surface area contributed by atoms with Gasteiger partial charge < -0.3 is 5.32 Å². The van der Waals surface area contributed by atoms with Crippen LogP contribution in [0.4, 0.5) is 0 Å². The van der Waals surface area contributed by atoms with E-state index in [1.54, 1.807) is 11.8 Å². The first-order valence-corrected chi connectivity index (χ1v) is 7.28. The molecule has 2 saturated carbocycles. The van der Waals surface area contributed by atoms with Gasteiger partial charge in [-0.15, -0.1) is 5.10 Å². The molecule has 0 radical (unpaired) electrons. The maximum atomic E-state index is 9.42. The lowest BCUT2D eigenvalue weighted by atomic mass is 9.98. The third-order valence-electron chi connectivity index (χ3n) is 3.70. The van der Waals surface area contributed by atoms with E-state index in [-0.39, 0.29) is 0 Å². The van der Waals surface area contributed by atoms with Crippen molar-refractivity contribution >= 4 is 11.8 Å². The number of nitrogens with one attached hydrogen (secondary N) is 1. The maximum absolute atomic E-state index is 9.42. The quantitative estimate of drug-likeness (QED) is 0.772. The Morgan fingerprint density at radius 1 is 1.50 bits per heavy atom. The molecule has 0 spiro atoms. The summed E-state index contributed by atoms with van der Waals surface area (Å²) in [6.07, 6.45) is 4.61. The predicted molar refractivity (Wildman–Crippen MR) is 66.9 cm³/mol. The van der Waals surface area contributed by atoms with Crippen molar-refractivity contribution in [2.24, 2.45) is 5.92 Å². The molecule has 1 aromatic heterocycles. The zero-order chi connectivity index (χ0) is 12.6. The van der Waals surface area contributed by atoms with Crippen LogP contribution in [-0.2, 0) is 0 Å². The molecule has 1 atom stereocenters. The molecule has 1 heterocycles. The summed E-state index contributed by atoms with van der Waals surface area (Å²) in [4.78, 5) is 0. The summed E-state index contributed by atoms with van der Waals surface area (Å²) >= 11 is 1.59. The smallest absolute Gasteiger partial charge is 0.209 e. The van der Waals surface area contributed by atoms with Crippen molar-refractivity contribution < 1.29 is 0 Å². The molecule has 18 heavy (non-hydrogen) atoms. The highest BCUT2D eigenvalue weighted by Crippen LogP contribution is 2.42. The van der Waals surface area contributed by atoms with E-state index < -0.39 is 5.54 Å². The van der Waals surface area contributed by atoms with Gasteiger partial charge in [-0.3, -0.25) is 0 Å². The second-order valence-electron chi connectivity index (χ2n) is 5.03. The van der Waals surface area contributed by atoms with Gasteiger partial charge in [0.15, 0.2) is 0 Å². The Balaban J connectivity index is 1.69. The summed E-state index contributed by atoms with van der Waals surface area (Å²) in [5.74, 6) is 1.18. The summed E-state index contributed by atoms with van der Waals surface area (Å²) in [7, 11) is 1.87. The van der Waals surface area contributed by atoms with Crippen molar-refractivity contribution in [1.82, 2.24) is 25.5 Å². The predicted octanol–water partition coefficient (Wildman–Crippen LogP) is 0.992. The third kappa shape index (κ3) is 2.10. The van der Waals surface area contributed by atoms with Crippen molar-refractivity contribution in [2.45, 2.75) is 42.4 Å². The van der Waals surface area contributed by atoms with Gasteiger partial charge in [0, 0.05) is 5.75 Å². The second kappa shape index (κ2) is 4.52. The fraction of sp³-hybridized carbons (Fsp3) is 0.818. The molecule has 96 valence electrons. The van der Waals surface area contributed by atoms with Gasteiger partial charge in [-0.2, -0.15) is 5.26 Å². The lowest BCUT2D eigenvalue weighted by Crippen LogP contribution is -2.46. The Morgan fingerprint density at radius 2 is 2.28 bits per heavy atom. The van der Waals surface area contributed by atoms with Gasteiger partial charge in [0.25, 0.3) is 0 Å². The Hall–Kier alpha value is -1.13. The molecule has 2 fully saturated rings. The number of thioether (sulfide) groups is 1. The molecule has 2 aliphatic carbocycles. The number of hydrogen-bond donors (Lipinski definition) is 1. The Kier molecular flexibility index (Phi) is 2.99. The SMILES string of the molecule is CNC(C#N)(CSc1nnnn1C1CC1)C1CC1. The zero-order valence-corrected chi connectivity index (χ0v) is 11.2. The average molecular weight is 264 g/mol. The number of rotatable bonds is 6. The first-order valence-electron chi connectivity index (χ1n) is 6.30. The Morgan fingerprint density at radius 3 is 2.83 bits per heavy atom. The van der Waals surface area contributed by atoms with Gasteiger partial charge >= 0.3 is 0 Å². The summed E-state index contributed by atoms with van der Waals surface area (Å²) in [6.45, 7) is 0. The molecule has 1 unspecified atom stereocenters. The fourth-order valence-corrected chi connectivity index (χ4v) is 3.37. The maximum Gasteiger partial charge on any atom is 0.209 e.